The van der Waals surface area contributed by atoms with Gasteiger partial charge < -0.3 is 14.8 Å². The van der Waals surface area contributed by atoms with Crippen molar-refractivity contribution in [3.63, 3.8) is 0 Å². The van der Waals surface area contributed by atoms with Crippen LogP contribution >= 0.6 is 0 Å². The number of methoxy groups -OCH3 is 1. The molecule has 142 valence electrons. The number of benzene rings is 1. The van der Waals surface area contributed by atoms with Crippen molar-refractivity contribution in [1.82, 2.24) is 4.98 Å². The van der Waals surface area contributed by atoms with Crippen LogP contribution in [0, 0.1) is 17.8 Å². The Balaban J connectivity index is 1.38. The van der Waals surface area contributed by atoms with E-state index in [9.17, 15) is 4.79 Å². The van der Waals surface area contributed by atoms with Gasteiger partial charge in [0.15, 0.2) is 11.5 Å². The lowest BCUT2D eigenvalue weighted by molar-refractivity contribution is -0.117. The summed E-state index contributed by atoms with van der Waals surface area (Å²) >= 11 is 0. The third kappa shape index (κ3) is 4.24. The summed E-state index contributed by atoms with van der Waals surface area (Å²) in [4.78, 5) is 16.6. The Bertz CT molecular complexity index is 793. The fourth-order valence-electron chi connectivity index (χ4n) is 4.59. The molecule has 2 bridgehead atoms. The standard InChI is InChI=1S/C22H26N2O3/c1-26-20-7-6-19(12-21(20)27-14-16-3-2-8-23-13-16)24-22(25)11-18-10-15-4-5-17(18)9-15/h2-3,6-8,12-13,15,17-18H,4-5,9-11,14H2,1H3,(H,24,25). The molecule has 2 aliphatic rings. The van der Waals surface area contributed by atoms with Crippen molar-refractivity contribution in [1.29, 1.82) is 0 Å². The Hall–Kier alpha value is -2.56. The van der Waals surface area contributed by atoms with E-state index < -0.39 is 0 Å². The zero-order chi connectivity index (χ0) is 18.6. The van der Waals surface area contributed by atoms with Crippen LogP contribution in [0.3, 0.4) is 0 Å². The fraction of sp³-hybridized carbons (Fsp3) is 0.455. The molecule has 27 heavy (non-hydrogen) atoms. The third-order valence-electron chi connectivity index (χ3n) is 5.90. The molecule has 0 saturated heterocycles. The van der Waals surface area contributed by atoms with Crippen LogP contribution in [0.15, 0.2) is 42.7 Å². The second kappa shape index (κ2) is 7.99. The van der Waals surface area contributed by atoms with Gasteiger partial charge in [-0.2, -0.15) is 0 Å². The molecule has 3 atom stereocenters. The molecule has 0 radical (unpaired) electrons. The molecule has 4 rings (SSSR count). The summed E-state index contributed by atoms with van der Waals surface area (Å²) < 4.78 is 11.3. The van der Waals surface area contributed by atoms with Gasteiger partial charge in [0.2, 0.25) is 5.91 Å². The predicted octanol–water partition coefficient (Wildman–Crippen LogP) is 4.43. The Morgan fingerprint density at radius 1 is 1.22 bits per heavy atom. The number of anilines is 1. The van der Waals surface area contributed by atoms with Crippen LogP contribution in [-0.2, 0) is 11.4 Å². The van der Waals surface area contributed by atoms with Crippen LogP contribution in [0.4, 0.5) is 5.69 Å². The highest BCUT2D eigenvalue weighted by atomic mass is 16.5. The summed E-state index contributed by atoms with van der Waals surface area (Å²) in [5.74, 6) is 3.53. The van der Waals surface area contributed by atoms with Crippen LogP contribution in [0.5, 0.6) is 11.5 Å². The number of pyridine rings is 1. The number of hydrogen-bond donors (Lipinski definition) is 1. The molecule has 1 heterocycles. The van der Waals surface area contributed by atoms with Crippen molar-refractivity contribution < 1.29 is 14.3 Å². The van der Waals surface area contributed by atoms with Crippen molar-refractivity contribution in [3.8, 4) is 11.5 Å². The van der Waals surface area contributed by atoms with Crippen molar-refractivity contribution in [2.45, 2.75) is 38.7 Å². The third-order valence-corrected chi connectivity index (χ3v) is 5.90. The number of hydrogen-bond acceptors (Lipinski definition) is 4. The maximum Gasteiger partial charge on any atom is 0.224 e. The van der Waals surface area contributed by atoms with Gasteiger partial charge in [-0.15, -0.1) is 0 Å². The number of carbonyl (C=O) groups excluding carboxylic acids is 1. The van der Waals surface area contributed by atoms with Gasteiger partial charge in [-0.1, -0.05) is 12.5 Å². The van der Waals surface area contributed by atoms with Crippen molar-refractivity contribution in [3.05, 3.63) is 48.3 Å². The number of carbonyl (C=O) groups is 1. The molecule has 1 aromatic carbocycles. The zero-order valence-electron chi connectivity index (χ0n) is 15.7. The average Bonchev–Trinajstić information content (AvgIpc) is 3.30. The summed E-state index contributed by atoms with van der Waals surface area (Å²) in [5, 5.41) is 3.03. The molecule has 1 amide bonds. The molecule has 0 aliphatic heterocycles. The minimum atomic E-state index is 0.0935. The minimum absolute atomic E-state index is 0.0935. The van der Waals surface area contributed by atoms with Gasteiger partial charge >= 0.3 is 0 Å². The molecule has 1 N–H and O–H groups in total. The number of nitrogens with zero attached hydrogens (tertiary/aromatic N) is 1. The highest BCUT2D eigenvalue weighted by molar-refractivity contribution is 5.91. The van der Waals surface area contributed by atoms with E-state index in [1.165, 1.54) is 25.7 Å². The van der Waals surface area contributed by atoms with Crippen molar-refractivity contribution in [2.75, 3.05) is 12.4 Å². The Labute approximate surface area is 160 Å². The molecule has 2 aromatic rings. The first-order chi connectivity index (χ1) is 13.2. The highest BCUT2D eigenvalue weighted by Gasteiger charge is 2.40. The van der Waals surface area contributed by atoms with Gasteiger partial charge in [-0.3, -0.25) is 9.78 Å². The number of fused-ring (bicyclic) bond motifs is 2. The molecule has 3 unspecified atom stereocenters. The van der Waals surface area contributed by atoms with E-state index in [4.69, 9.17) is 9.47 Å². The second-order valence-electron chi connectivity index (χ2n) is 7.70. The first-order valence-corrected chi connectivity index (χ1v) is 9.71. The maximum absolute atomic E-state index is 12.5. The molecule has 2 saturated carbocycles. The van der Waals surface area contributed by atoms with E-state index in [1.54, 1.807) is 19.5 Å². The van der Waals surface area contributed by atoms with Crippen LogP contribution in [0.25, 0.3) is 0 Å². The molecule has 5 heteroatoms. The van der Waals surface area contributed by atoms with Crippen molar-refractivity contribution in [2.24, 2.45) is 17.8 Å². The monoisotopic (exact) mass is 366 g/mol. The molecule has 5 nitrogen and oxygen atoms in total. The average molecular weight is 366 g/mol. The summed E-state index contributed by atoms with van der Waals surface area (Å²) in [7, 11) is 1.61. The van der Waals surface area contributed by atoms with E-state index in [-0.39, 0.29) is 5.91 Å². The number of amides is 1. The van der Waals surface area contributed by atoms with E-state index in [0.717, 1.165) is 23.1 Å². The fourth-order valence-corrected chi connectivity index (χ4v) is 4.59. The lowest BCUT2D eigenvalue weighted by Gasteiger charge is -2.21. The normalized spacial score (nSPS) is 23.2. The largest absolute Gasteiger partial charge is 0.493 e. The smallest absolute Gasteiger partial charge is 0.224 e. The summed E-state index contributed by atoms with van der Waals surface area (Å²) in [6.45, 7) is 0.396. The first kappa shape index (κ1) is 17.8. The van der Waals surface area contributed by atoms with Gasteiger partial charge in [-0.05, 0) is 55.2 Å². The lowest BCUT2D eigenvalue weighted by Crippen LogP contribution is -2.20. The second-order valence-corrected chi connectivity index (χ2v) is 7.70. The van der Waals surface area contributed by atoms with Crippen LogP contribution in [-0.4, -0.2) is 18.0 Å². The van der Waals surface area contributed by atoms with E-state index in [1.807, 2.05) is 30.3 Å². The van der Waals surface area contributed by atoms with Gasteiger partial charge in [0, 0.05) is 36.1 Å². The van der Waals surface area contributed by atoms with Gasteiger partial charge in [0.25, 0.3) is 0 Å². The van der Waals surface area contributed by atoms with Crippen molar-refractivity contribution >= 4 is 11.6 Å². The molecule has 1 aromatic heterocycles. The lowest BCUT2D eigenvalue weighted by atomic mass is 9.86. The summed E-state index contributed by atoms with van der Waals surface area (Å²) in [5.41, 5.74) is 1.72. The van der Waals surface area contributed by atoms with Gasteiger partial charge in [0.1, 0.15) is 6.61 Å². The van der Waals surface area contributed by atoms with Crippen LogP contribution < -0.4 is 14.8 Å². The molecular weight excluding hydrogens is 340 g/mol. The maximum atomic E-state index is 12.5. The SMILES string of the molecule is COc1ccc(NC(=O)CC2CC3CCC2C3)cc1OCc1cccnc1. The Kier molecular flexibility index (Phi) is 5.28. The van der Waals surface area contributed by atoms with Crippen LogP contribution in [0.2, 0.25) is 0 Å². The van der Waals surface area contributed by atoms with Gasteiger partial charge in [-0.25, -0.2) is 0 Å². The zero-order valence-corrected chi connectivity index (χ0v) is 15.7. The van der Waals surface area contributed by atoms with Gasteiger partial charge in [0.05, 0.1) is 7.11 Å². The van der Waals surface area contributed by atoms with Crippen LogP contribution in [0.1, 0.15) is 37.7 Å². The molecule has 2 aliphatic carbocycles. The number of ether oxygens (including phenoxy) is 2. The summed E-state index contributed by atoms with van der Waals surface area (Å²) in [6, 6.07) is 9.34. The Morgan fingerprint density at radius 2 is 2.15 bits per heavy atom. The quantitative estimate of drug-likeness (QED) is 0.787. The first-order valence-electron chi connectivity index (χ1n) is 9.71. The number of rotatable bonds is 7. The van der Waals surface area contributed by atoms with E-state index >= 15 is 0 Å². The number of nitrogens with one attached hydrogen (secondary N) is 1. The molecular formula is C22H26N2O3. The Morgan fingerprint density at radius 3 is 2.85 bits per heavy atom. The predicted molar refractivity (Wildman–Crippen MR) is 104 cm³/mol. The topological polar surface area (TPSA) is 60.5 Å². The van der Waals surface area contributed by atoms with E-state index in [0.29, 0.717) is 30.4 Å². The number of aromatic nitrogens is 1. The molecule has 2 fully saturated rings. The highest BCUT2D eigenvalue weighted by Crippen LogP contribution is 2.49. The molecule has 0 spiro atoms. The summed E-state index contributed by atoms with van der Waals surface area (Å²) in [6.07, 6.45) is 9.34. The van der Waals surface area contributed by atoms with E-state index in [2.05, 4.69) is 10.3 Å². The minimum Gasteiger partial charge on any atom is -0.493 e.